The van der Waals surface area contributed by atoms with Crippen molar-refractivity contribution in [3.63, 3.8) is 0 Å². The highest BCUT2D eigenvalue weighted by molar-refractivity contribution is 4.73. The molecule has 16 heavy (non-hydrogen) atoms. The summed E-state index contributed by atoms with van der Waals surface area (Å²) in [6, 6.07) is 0. The minimum absolute atomic E-state index is 1.11. The summed E-state index contributed by atoms with van der Waals surface area (Å²) in [5, 5.41) is 0. The Hall–Kier alpha value is 0. The lowest BCUT2D eigenvalue weighted by Gasteiger charge is -2.28. The molecule has 0 N–H and O–H groups in total. The quantitative estimate of drug-likeness (QED) is 0.492. The average molecular weight is 222 g/mol. The Morgan fingerprint density at radius 2 is 0.625 bits per heavy atom. The van der Waals surface area contributed by atoms with E-state index < -0.39 is 0 Å². The molecule has 0 aromatic rings. The summed E-state index contributed by atoms with van der Waals surface area (Å²) in [6.07, 6.45) is 21.4. The van der Waals surface area contributed by atoms with Crippen LogP contribution in [-0.4, -0.2) is 0 Å². The highest BCUT2D eigenvalue weighted by Gasteiger charge is 2.20. The van der Waals surface area contributed by atoms with Crippen LogP contribution >= 0.6 is 0 Å². The lowest BCUT2D eigenvalue weighted by molar-refractivity contribution is 0.242. The Bertz CT molecular complexity index is 139. The molecule has 3 fully saturated rings. The predicted octanol–water partition coefficient (Wildman–Crippen LogP) is 5.71. The SMILES string of the molecule is C1CCCCCC2CCC(CCCC1)CC2. The lowest BCUT2D eigenvalue weighted by Crippen LogP contribution is -2.14. The van der Waals surface area contributed by atoms with Crippen LogP contribution in [0.2, 0.25) is 0 Å². The van der Waals surface area contributed by atoms with Crippen LogP contribution in [0.15, 0.2) is 0 Å². The van der Waals surface area contributed by atoms with Crippen molar-refractivity contribution < 1.29 is 0 Å². The van der Waals surface area contributed by atoms with Crippen LogP contribution in [0.1, 0.15) is 89.9 Å². The van der Waals surface area contributed by atoms with Crippen LogP contribution in [0.25, 0.3) is 0 Å². The van der Waals surface area contributed by atoms with Gasteiger partial charge in [-0.15, -0.1) is 0 Å². The summed E-state index contributed by atoms with van der Waals surface area (Å²) in [4.78, 5) is 0. The van der Waals surface area contributed by atoms with E-state index in [1.165, 1.54) is 51.4 Å². The zero-order valence-electron chi connectivity index (χ0n) is 11.1. The Morgan fingerprint density at radius 1 is 0.312 bits per heavy atom. The van der Waals surface area contributed by atoms with Crippen LogP contribution in [0, 0.1) is 11.8 Å². The molecule has 0 radical (unpaired) electrons. The molecule has 0 nitrogen and oxygen atoms in total. The van der Waals surface area contributed by atoms with Crippen molar-refractivity contribution in [2.75, 3.05) is 0 Å². The normalized spacial score (nSPS) is 34.5. The van der Waals surface area contributed by atoms with Gasteiger partial charge in [0.25, 0.3) is 0 Å². The third-order valence-corrected chi connectivity index (χ3v) is 4.94. The molecule has 0 unspecified atom stereocenters. The van der Waals surface area contributed by atoms with Crippen LogP contribution in [0.5, 0.6) is 0 Å². The van der Waals surface area contributed by atoms with Crippen molar-refractivity contribution >= 4 is 0 Å². The topological polar surface area (TPSA) is 0 Å². The van der Waals surface area contributed by atoms with Gasteiger partial charge >= 0.3 is 0 Å². The molecule has 3 rings (SSSR count). The van der Waals surface area contributed by atoms with Crippen molar-refractivity contribution in [3.8, 4) is 0 Å². The highest BCUT2D eigenvalue weighted by atomic mass is 14.3. The maximum atomic E-state index is 1.56. The smallest absolute Gasteiger partial charge is 0.0414 e. The van der Waals surface area contributed by atoms with Gasteiger partial charge in [-0.1, -0.05) is 89.9 Å². The summed E-state index contributed by atoms with van der Waals surface area (Å²) >= 11 is 0. The van der Waals surface area contributed by atoms with E-state index in [1.807, 2.05) is 0 Å². The van der Waals surface area contributed by atoms with Gasteiger partial charge in [-0.3, -0.25) is 0 Å². The number of rotatable bonds is 0. The third kappa shape index (κ3) is 4.47. The van der Waals surface area contributed by atoms with E-state index in [0.717, 1.165) is 11.8 Å². The fourth-order valence-electron chi connectivity index (χ4n) is 3.74. The van der Waals surface area contributed by atoms with Gasteiger partial charge in [0.2, 0.25) is 0 Å². The molecule has 3 saturated carbocycles. The van der Waals surface area contributed by atoms with Crippen molar-refractivity contribution in [1.82, 2.24) is 0 Å². The molecular weight excluding hydrogens is 192 g/mol. The van der Waals surface area contributed by atoms with E-state index in [1.54, 1.807) is 38.5 Å². The largest absolute Gasteiger partial charge is 0.0533 e. The minimum atomic E-state index is 1.11. The van der Waals surface area contributed by atoms with Crippen molar-refractivity contribution in [2.24, 2.45) is 11.8 Å². The summed E-state index contributed by atoms with van der Waals surface area (Å²) in [5.74, 6) is 2.22. The third-order valence-electron chi connectivity index (χ3n) is 4.94. The second-order valence-electron chi connectivity index (χ2n) is 6.29. The van der Waals surface area contributed by atoms with E-state index in [-0.39, 0.29) is 0 Å². The molecule has 0 heteroatoms. The molecule has 0 aromatic heterocycles. The minimum Gasteiger partial charge on any atom is -0.0533 e. The number of hydrogen-bond acceptors (Lipinski definition) is 0. The average Bonchev–Trinajstić information content (AvgIpc) is 2.33. The molecule has 0 heterocycles. The van der Waals surface area contributed by atoms with Gasteiger partial charge in [-0.05, 0) is 11.8 Å². The number of hydrogen-bond donors (Lipinski definition) is 0. The lowest BCUT2D eigenvalue weighted by atomic mass is 9.77. The van der Waals surface area contributed by atoms with Crippen LogP contribution in [-0.2, 0) is 0 Å². The first-order chi connectivity index (χ1) is 7.95. The molecule has 0 aliphatic heterocycles. The maximum absolute atomic E-state index is 1.56. The van der Waals surface area contributed by atoms with Gasteiger partial charge in [0.15, 0.2) is 0 Å². The fraction of sp³-hybridized carbons (Fsp3) is 1.00. The predicted molar refractivity (Wildman–Crippen MR) is 71.6 cm³/mol. The molecule has 0 aromatic carbocycles. The molecular formula is C16H30. The monoisotopic (exact) mass is 222 g/mol. The van der Waals surface area contributed by atoms with E-state index in [9.17, 15) is 0 Å². The second-order valence-corrected chi connectivity index (χ2v) is 6.29. The molecule has 0 atom stereocenters. The first kappa shape index (κ1) is 12.5. The van der Waals surface area contributed by atoms with Crippen molar-refractivity contribution in [2.45, 2.75) is 89.9 Å². The maximum Gasteiger partial charge on any atom is -0.0414 e. The standard InChI is InChI=1S/C16H30/c1-2-4-6-8-10-16-13-11-15(12-14-16)9-7-5-3-1/h15-16H,1-14H2. The van der Waals surface area contributed by atoms with Gasteiger partial charge < -0.3 is 0 Å². The van der Waals surface area contributed by atoms with Gasteiger partial charge in [0.1, 0.15) is 0 Å². The zero-order chi connectivity index (χ0) is 11.1. The van der Waals surface area contributed by atoms with E-state index in [4.69, 9.17) is 0 Å². The first-order valence-electron chi connectivity index (χ1n) is 7.95. The molecule has 0 saturated heterocycles. The van der Waals surface area contributed by atoms with Crippen LogP contribution in [0.3, 0.4) is 0 Å². The van der Waals surface area contributed by atoms with Crippen LogP contribution < -0.4 is 0 Å². The van der Waals surface area contributed by atoms with Gasteiger partial charge in [-0.2, -0.15) is 0 Å². The first-order valence-corrected chi connectivity index (χ1v) is 7.95. The van der Waals surface area contributed by atoms with Gasteiger partial charge in [0, 0.05) is 0 Å². The molecule has 3 aliphatic carbocycles. The number of fused-ring (bicyclic) bond motifs is 11. The molecule has 3 aliphatic rings. The Kier molecular flexibility index (Phi) is 5.72. The summed E-state index contributed by atoms with van der Waals surface area (Å²) in [6.45, 7) is 0. The van der Waals surface area contributed by atoms with E-state index >= 15 is 0 Å². The van der Waals surface area contributed by atoms with E-state index in [2.05, 4.69) is 0 Å². The summed E-state index contributed by atoms with van der Waals surface area (Å²) in [5.41, 5.74) is 0. The molecule has 2 bridgehead atoms. The Labute approximate surface area is 102 Å². The highest BCUT2D eigenvalue weighted by Crippen LogP contribution is 2.34. The molecule has 0 amide bonds. The van der Waals surface area contributed by atoms with E-state index in [0.29, 0.717) is 0 Å². The van der Waals surface area contributed by atoms with Crippen molar-refractivity contribution in [1.29, 1.82) is 0 Å². The van der Waals surface area contributed by atoms with Gasteiger partial charge in [-0.25, -0.2) is 0 Å². The second kappa shape index (κ2) is 7.35. The zero-order valence-corrected chi connectivity index (χ0v) is 11.1. The van der Waals surface area contributed by atoms with Crippen LogP contribution in [0.4, 0.5) is 0 Å². The Balaban J connectivity index is 1.73. The fourth-order valence-corrected chi connectivity index (χ4v) is 3.74. The Morgan fingerprint density at radius 3 is 1.00 bits per heavy atom. The molecule has 94 valence electrons. The summed E-state index contributed by atoms with van der Waals surface area (Å²) < 4.78 is 0. The van der Waals surface area contributed by atoms with Gasteiger partial charge in [0.05, 0.1) is 0 Å². The van der Waals surface area contributed by atoms with Crippen molar-refractivity contribution in [3.05, 3.63) is 0 Å². The molecule has 0 spiro atoms. The summed E-state index contributed by atoms with van der Waals surface area (Å²) in [7, 11) is 0.